The lowest BCUT2D eigenvalue weighted by Crippen LogP contribution is -2.12. The molecule has 0 saturated heterocycles. The Morgan fingerprint density at radius 3 is 2.92 bits per heavy atom. The molecule has 24 heavy (non-hydrogen) atoms. The molecule has 126 valence electrons. The molecule has 3 aromatic rings. The van der Waals surface area contributed by atoms with E-state index in [1.165, 1.54) is 0 Å². The number of nitrogens with one attached hydrogen (secondary N) is 1. The first-order valence-corrected chi connectivity index (χ1v) is 8.14. The molecule has 3 rings (SSSR count). The normalized spacial score (nSPS) is 11.3. The Hall–Kier alpha value is -2.42. The highest BCUT2D eigenvalue weighted by atomic mass is 32.2. The van der Waals surface area contributed by atoms with Crippen LogP contribution in [0.1, 0.15) is 18.7 Å². The largest absolute Gasteiger partial charge is 0.360 e. The third kappa shape index (κ3) is 3.56. The summed E-state index contributed by atoms with van der Waals surface area (Å²) in [4.78, 5) is 16.0. The molecule has 1 N–H and O–H groups in total. The summed E-state index contributed by atoms with van der Waals surface area (Å²) in [5.41, 5.74) is 0.875. The lowest BCUT2D eigenvalue weighted by molar-refractivity contribution is -0.115. The van der Waals surface area contributed by atoms with Gasteiger partial charge in [-0.05, 0) is 19.1 Å². The van der Waals surface area contributed by atoms with Crippen molar-refractivity contribution < 1.29 is 18.1 Å². The molecule has 0 unspecified atom stereocenters. The molecule has 0 fully saturated rings. The molecule has 0 aliphatic rings. The van der Waals surface area contributed by atoms with E-state index in [0.29, 0.717) is 28.4 Å². The molecule has 9 heteroatoms. The summed E-state index contributed by atoms with van der Waals surface area (Å²) in [6.07, 6.45) is 0.142. The fourth-order valence-electron chi connectivity index (χ4n) is 2.18. The number of fused-ring (bicyclic) bond motifs is 1. The maximum Gasteiger partial charge on any atom is 0.321 e. The van der Waals surface area contributed by atoms with Crippen molar-refractivity contribution in [2.24, 2.45) is 0 Å². The summed E-state index contributed by atoms with van der Waals surface area (Å²) in [6.45, 7) is -0.973. The minimum absolute atomic E-state index is 0.142. The molecular weight excluding hydrogens is 338 g/mol. The molecule has 0 aliphatic carbocycles. The third-order valence-electron chi connectivity index (χ3n) is 3.21. The van der Waals surface area contributed by atoms with E-state index in [2.05, 4.69) is 15.5 Å². The smallest absolute Gasteiger partial charge is 0.321 e. The fraction of sp³-hybridized carbons (Fsp3) is 0.267. The number of anilines is 1. The lowest BCUT2D eigenvalue weighted by atomic mass is 10.3. The van der Waals surface area contributed by atoms with Gasteiger partial charge in [-0.15, -0.1) is 0 Å². The fourth-order valence-corrected chi connectivity index (χ4v) is 3.13. The Bertz CT molecular complexity index is 862. The Morgan fingerprint density at radius 2 is 2.21 bits per heavy atom. The van der Waals surface area contributed by atoms with Gasteiger partial charge in [0.2, 0.25) is 5.91 Å². The van der Waals surface area contributed by atoms with E-state index in [9.17, 15) is 13.6 Å². The molecule has 1 amide bonds. The van der Waals surface area contributed by atoms with Gasteiger partial charge in [0.05, 0.1) is 11.0 Å². The highest BCUT2D eigenvalue weighted by molar-refractivity contribution is 7.99. The van der Waals surface area contributed by atoms with Crippen LogP contribution in [-0.2, 0) is 4.79 Å². The van der Waals surface area contributed by atoms with Crippen molar-refractivity contribution in [1.82, 2.24) is 14.7 Å². The Labute approximate surface area is 140 Å². The maximum absolute atomic E-state index is 13.3. The number of carbonyl (C=O) groups excluding carboxylic acids is 1. The Kier molecular flexibility index (Phi) is 4.79. The number of imidazole rings is 1. The molecule has 6 nitrogen and oxygen atoms in total. The third-order valence-corrected chi connectivity index (χ3v) is 4.17. The number of alkyl halides is 2. The molecule has 0 radical (unpaired) electrons. The molecule has 2 heterocycles. The van der Waals surface area contributed by atoms with Crippen molar-refractivity contribution in [1.29, 1.82) is 0 Å². The van der Waals surface area contributed by atoms with Crippen LogP contribution in [0.3, 0.4) is 0 Å². The van der Waals surface area contributed by atoms with Gasteiger partial charge in [-0.2, -0.15) is 8.78 Å². The predicted molar refractivity (Wildman–Crippen MR) is 86.2 cm³/mol. The van der Waals surface area contributed by atoms with Crippen molar-refractivity contribution in [2.45, 2.75) is 25.1 Å². The molecule has 0 atom stereocenters. The van der Waals surface area contributed by atoms with E-state index < -0.39 is 6.55 Å². The lowest BCUT2D eigenvalue weighted by Gasteiger charge is -2.07. The summed E-state index contributed by atoms with van der Waals surface area (Å²) in [6, 6.07) is 8.30. The van der Waals surface area contributed by atoms with E-state index >= 15 is 0 Å². The number of hydrogen-bond acceptors (Lipinski definition) is 5. The number of para-hydroxylation sites is 2. The average molecular weight is 352 g/mol. The maximum atomic E-state index is 13.3. The second-order valence-electron chi connectivity index (χ2n) is 5.00. The summed E-state index contributed by atoms with van der Waals surface area (Å²) in [5.74, 6) is 0.974. The first kappa shape index (κ1) is 16.4. The first-order chi connectivity index (χ1) is 11.5. The summed E-state index contributed by atoms with van der Waals surface area (Å²) >= 11 is 1.11. The number of thioether (sulfide) groups is 1. The van der Waals surface area contributed by atoms with Crippen LogP contribution >= 0.6 is 11.8 Å². The summed E-state index contributed by atoms with van der Waals surface area (Å²) in [7, 11) is 0. The van der Waals surface area contributed by atoms with Crippen molar-refractivity contribution in [3.8, 4) is 0 Å². The molecular formula is C15H14F2N4O2S. The second kappa shape index (κ2) is 7.00. The summed E-state index contributed by atoms with van der Waals surface area (Å²) in [5, 5.41) is 6.43. The van der Waals surface area contributed by atoms with E-state index in [4.69, 9.17) is 4.52 Å². The molecule has 1 aromatic carbocycles. The van der Waals surface area contributed by atoms with Gasteiger partial charge in [0.1, 0.15) is 5.76 Å². The van der Waals surface area contributed by atoms with Crippen molar-refractivity contribution in [3.63, 3.8) is 0 Å². The zero-order valence-corrected chi connectivity index (χ0v) is 13.5. The van der Waals surface area contributed by atoms with Crippen molar-refractivity contribution in [2.75, 3.05) is 11.1 Å². The van der Waals surface area contributed by atoms with Crippen LogP contribution in [0.4, 0.5) is 14.6 Å². The van der Waals surface area contributed by atoms with Gasteiger partial charge < -0.3 is 9.84 Å². The van der Waals surface area contributed by atoms with Crippen molar-refractivity contribution in [3.05, 3.63) is 36.1 Å². The number of benzene rings is 1. The zero-order chi connectivity index (χ0) is 17.1. The highest BCUT2D eigenvalue weighted by Crippen LogP contribution is 2.29. The van der Waals surface area contributed by atoms with Gasteiger partial charge in [0.25, 0.3) is 0 Å². The van der Waals surface area contributed by atoms with Gasteiger partial charge in [0.15, 0.2) is 11.0 Å². The van der Waals surface area contributed by atoms with Crippen LogP contribution in [-0.4, -0.2) is 26.4 Å². The number of hydrogen-bond donors (Lipinski definition) is 1. The predicted octanol–water partition coefficient (Wildman–Crippen LogP) is 3.85. The van der Waals surface area contributed by atoms with Crippen LogP contribution in [0.5, 0.6) is 0 Å². The highest BCUT2D eigenvalue weighted by Gasteiger charge is 2.18. The van der Waals surface area contributed by atoms with Crippen LogP contribution in [0.2, 0.25) is 0 Å². The van der Waals surface area contributed by atoms with Gasteiger partial charge in [-0.1, -0.05) is 29.1 Å². The minimum atomic E-state index is -2.69. The van der Waals surface area contributed by atoms with Gasteiger partial charge in [-0.25, -0.2) is 4.98 Å². The van der Waals surface area contributed by atoms with Crippen LogP contribution in [0.15, 0.2) is 40.0 Å². The monoisotopic (exact) mass is 352 g/mol. The number of rotatable bonds is 6. The topological polar surface area (TPSA) is 73.0 Å². The van der Waals surface area contributed by atoms with E-state index in [1.54, 1.807) is 37.3 Å². The van der Waals surface area contributed by atoms with Gasteiger partial charge in [-0.3, -0.25) is 9.36 Å². The van der Waals surface area contributed by atoms with E-state index in [0.717, 1.165) is 16.3 Å². The summed E-state index contributed by atoms with van der Waals surface area (Å²) < 4.78 is 32.3. The Morgan fingerprint density at radius 1 is 1.42 bits per heavy atom. The van der Waals surface area contributed by atoms with Crippen LogP contribution < -0.4 is 5.32 Å². The van der Waals surface area contributed by atoms with Crippen molar-refractivity contribution >= 4 is 34.5 Å². The zero-order valence-electron chi connectivity index (χ0n) is 12.7. The average Bonchev–Trinajstić information content (AvgIpc) is 3.10. The van der Waals surface area contributed by atoms with Crippen LogP contribution in [0.25, 0.3) is 11.0 Å². The molecule has 0 saturated carbocycles. The standard InChI is InChI=1S/C15H14F2N4O2S/c1-9-8-12(20-23-9)19-13(22)6-7-24-15-18-10-4-2-3-5-11(10)21(15)14(16)17/h2-5,8,14H,6-7H2,1H3,(H,19,20,22). The van der Waals surface area contributed by atoms with Gasteiger partial charge in [0, 0.05) is 18.2 Å². The molecule has 2 aromatic heterocycles. The Balaban J connectivity index is 1.63. The van der Waals surface area contributed by atoms with Crippen LogP contribution in [0, 0.1) is 6.92 Å². The second-order valence-corrected chi connectivity index (χ2v) is 6.06. The van der Waals surface area contributed by atoms with Gasteiger partial charge >= 0.3 is 6.55 Å². The number of amides is 1. The first-order valence-electron chi connectivity index (χ1n) is 7.15. The number of halogens is 2. The molecule has 0 spiro atoms. The number of aromatic nitrogens is 3. The van der Waals surface area contributed by atoms with E-state index in [1.807, 2.05) is 0 Å². The number of carbonyl (C=O) groups is 1. The number of nitrogens with zero attached hydrogens (tertiary/aromatic N) is 3. The number of aryl methyl sites for hydroxylation is 1. The quantitative estimate of drug-likeness (QED) is 0.682. The minimum Gasteiger partial charge on any atom is -0.360 e. The molecule has 0 aliphatic heterocycles. The molecule has 0 bridgehead atoms. The van der Waals surface area contributed by atoms with E-state index in [-0.39, 0.29) is 17.5 Å². The SMILES string of the molecule is Cc1cc(NC(=O)CCSc2nc3ccccc3n2C(F)F)no1.